The number of carbonyl (C=O) groups is 1. The largest absolute Gasteiger partial charge is 0.481 e. The zero-order valence-corrected chi connectivity index (χ0v) is 23.4. The van der Waals surface area contributed by atoms with Gasteiger partial charge in [-0.05, 0) is 60.4 Å². The number of aromatic nitrogens is 2. The van der Waals surface area contributed by atoms with E-state index in [-0.39, 0.29) is 36.0 Å². The predicted molar refractivity (Wildman–Crippen MR) is 147 cm³/mol. The molecule has 44 heavy (non-hydrogen) atoms. The monoisotopic (exact) mass is 619 g/mol. The highest BCUT2D eigenvalue weighted by Gasteiger charge is 2.38. The molecule has 4 aromatic rings. The molecule has 0 spiro atoms. The second kappa shape index (κ2) is 13.7. The van der Waals surface area contributed by atoms with E-state index in [0.29, 0.717) is 23.4 Å². The third-order valence-corrected chi connectivity index (χ3v) is 6.62. The molecule has 0 amide bonds. The van der Waals surface area contributed by atoms with Gasteiger partial charge in [0.1, 0.15) is 18.3 Å². The minimum atomic E-state index is -5.02. The molecule has 1 heterocycles. The van der Waals surface area contributed by atoms with Gasteiger partial charge in [-0.2, -0.15) is 31.4 Å². The summed E-state index contributed by atoms with van der Waals surface area (Å²) in [5.41, 5.74) is -1.17. The van der Waals surface area contributed by atoms with E-state index < -0.39 is 41.5 Å². The van der Waals surface area contributed by atoms with Gasteiger partial charge in [0.05, 0.1) is 30.1 Å². The normalized spacial score (nSPS) is 13.7. The van der Waals surface area contributed by atoms with Gasteiger partial charge in [0.15, 0.2) is 6.10 Å². The maximum atomic E-state index is 13.5. The number of ether oxygens (including phenoxy) is 2. The summed E-state index contributed by atoms with van der Waals surface area (Å²) in [6.45, 7) is 1.83. The lowest BCUT2D eigenvalue weighted by Gasteiger charge is -2.22. The Kier molecular flexibility index (Phi) is 9.97. The van der Waals surface area contributed by atoms with Crippen molar-refractivity contribution in [2.24, 2.45) is 11.1 Å². The minimum Gasteiger partial charge on any atom is -0.481 e. The zero-order chi connectivity index (χ0) is 31.9. The van der Waals surface area contributed by atoms with Crippen LogP contribution in [0.15, 0.2) is 90.3 Å². The highest BCUT2D eigenvalue weighted by molar-refractivity contribution is 6.00. The SMILES string of the molecule is COC(=O)C(Cc1ccc(OC(c2cn[nH]c2)c2cc(C(F)(F)F)cc(C(F)(F)F)c2)cc1)C(C)=NOCc1ccccc1. The first-order valence-corrected chi connectivity index (χ1v) is 13.2. The average Bonchev–Trinajstić information content (AvgIpc) is 3.53. The van der Waals surface area contributed by atoms with Crippen molar-refractivity contribution in [2.45, 2.75) is 38.4 Å². The lowest BCUT2D eigenvalue weighted by atomic mass is 9.95. The van der Waals surface area contributed by atoms with E-state index in [1.54, 1.807) is 19.1 Å². The number of oxime groups is 1. The van der Waals surface area contributed by atoms with E-state index in [4.69, 9.17) is 14.3 Å². The number of benzene rings is 3. The third kappa shape index (κ3) is 8.39. The van der Waals surface area contributed by atoms with Crippen molar-refractivity contribution < 1.29 is 45.4 Å². The molecule has 4 rings (SSSR count). The van der Waals surface area contributed by atoms with Gasteiger partial charge in [0.25, 0.3) is 0 Å². The second-order valence-electron chi connectivity index (χ2n) is 9.78. The summed E-state index contributed by atoms with van der Waals surface area (Å²) in [7, 11) is 1.25. The van der Waals surface area contributed by atoms with Crippen molar-refractivity contribution in [3.8, 4) is 5.75 Å². The van der Waals surface area contributed by atoms with E-state index in [2.05, 4.69) is 15.4 Å². The van der Waals surface area contributed by atoms with Crippen LogP contribution in [0.3, 0.4) is 0 Å². The molecule has 0 aliphatic rings. The van der Waals surface area contributed by atoms with E-state index in [0.717, 1.165) is 5.56 Å². The Balaban J connectivity index is 1.56. The number of methoxy groups -OCH3 is 1. The van der Waals surface area contributed by atoms with Gasteiger partial charge in [0, 0.05) is 11.8 Å². The first kappa shape index (κ1) is 32.1. The Hall–Kier alpha value is -4.81. The highest BCUT2D eigenvalue weighted by Crippen LogP contribution is 2.39. The molecule has 13 heteroatoms. The van der Waals surface area contributed by atoms with Crippen LogP contribution >= 0.6 is 0 Å². The summed E-state index contributed by atoms with van der Waals surface area (Å²) >= 11 is 0. The zero-order valence-electron chi connectivity index (χ0n) is 23.4. The number of alkyl halides is 6. The standard InChI is InChI=1S/C31H27F6N3O4/c1-19(40-43-18-21-6-4-3-5-7-21)27(29(41)42-2)12-20-8-10-26(11-9-20)44-28(23-16-38-39-17-23)22-13-24(30(32,33)34)15-25(14-22)31(35,36)37/h3-11,13-17,27-28H,12,18H2,1-2H3,(H,38,39). The molecule has 1 N–H and O–H groups in total. The van der Waals surface area contributed by atoms with Crippen LogP contribution in [-0.2, 0) is 39.7 Å². The number of nitrogens with one attached hydrogen (secondary N) is 1. The summed E-state index contributed by atoms with van der Waals surface area (Å²) in [6.07, 6.45) is -8.68. The number of nitrogens with zero attached hydrogens (tertiary/aromatic N) is 2. The summed E-state index contributed by atoms with van der Waals surface area (Å²) in [6, 6.07) is 16.8. The Morgan fingerprint density at radius 2 is 1.52 bits per heavy atom. The molecule has 232 valence electrons. The Morgan fingerprint density at radius 1 is 0.886 bits per heavy atom. The van der Waals surface area contributed by atoms with E-state index in [1.807, 2.05) is 30.3 Å². The summed E-state index contributed by atoms with van der Waals surface area (Å²) in [5.74, 6) is -1.18. The molecule has 0 aliphatic heterocycles. The molecule has 0 saturated heterocycles. The number of carbonyl (C=O) groups excluding carboxylic acids is 1. The van der Waals surface area contributed by atoms with Gasteiger partial charge in [-0.1, -0.05) is 47.6 Å². The number of hydrogen-bond acceptors (Lipinski definition) is 6. The fourth-order valence-corrected chi connectivity index (χ4v) is 4.33. The van der Waals surface area contributed by atoms with Crippen molar-refractivity contribution in [3.63, 3.8) is 0 Å². The number of rotatable bonds is 11. The molecule has 7 nitrogen and oxygen atoms in total. The van der Waals surface area contributed by atoms with Crippen LogP contribution < -0.4 is 4.74 Å². The fourth-order valence-electron chi connectivity index (χ4n) is 4.33. The lowest BCUT2D eigenvalue weighted by molar-refractivity contribution is -0.144. The van der Waals surface area contributed by atoms with Crippen LogP contribution in [-0.4, -0.2) is 29.0 Å². The van der Waals surface area contributed by atoms with Crippen molar-refractivity contribution >= 4 is 11.7 Å². The Labute approximate surface area is 248 Å². The number of hydrogen-bond donors (Lipinski definition) is 1. The smallest absolute Gasteiger partial charge is 0.416 e. The van der Waals surface area contributed by atoms with E-state index in [1.165, 1.54) is 31.6 Å². The molecule has 2 unspecified atom stereocenters. The van der Waals surface area contributed by atoms with Crippen LogP contribution in [0.1, 0.15) is 46.4 Å². The number of aromatic amines is 1. The second-order valence-corrected chi connectivity index (χ2v) is 9.78. The predicted octanol–water partition coefficient (Wildman–Crippen LogP) is 7.54. The molecule has 0 aliphatic carbocycles. The molecule has 0 radical (unpaired) electrons. The van der Waals surface area contributed by atoms with Gasteiger partial charge >= 0.3 is 18.3 Å². The first-order chi connectivity index (χ1) is 20.8. The highest BCUT2D eigenvalue weighted by atomic mass is 19.4. The molecule has 0 bridgehead atoms. The summed E-state index contributed by atoms with van der Waals surface area (Å²) in [5, 5.41) is 10.3. The van der Waals surface area contributed by atoms with Crippen molar-refractivity contribution in [1.29, 1.82) is 0 Å². The molecule has 0 saturated carbocycles. The topological polar surface area (TPSA) is 85.8 Å². The first-order valence-electron chi connectivity index (χ1n) is 13.2. The summed E-state index contributed by atoms with van der Waals surface area (Å²) in [4.78, 5) is 17.9. The van der Waals surface area contributed by atoms with Gasteiger partial charge in [-0.25, -0.2) is 0 Å². The van der Waals surface area contributed by atoms with Gasteiger partial charge < -0.3 is 14.3 Å². The number of esters is 1. The maximum Gasteiger partial charge on any atom is 0.416 e. The average molecular weight is 620 g/mol. The number of halogens is 6. The van der Waals surface area contributed by atoms with Crippen molar-refractivity contribution in [1.82, 2.24) is 10.2 Å². The van der Waals surface area contributed by atoms with Gasteiger partial charge in [-0.3, -0.25) is 9.89 Å². The van der Waals surface area contributed by atoms with Crippen LogP contribution in [0.25, 0.3) is 0 Å². The van der Waals surface area contributed by atoms with Crippen molar-refractivity contribution in [2.75, 3.05) is 7.11 Å². The Bertz CT molecular complexity index is 1520. The molecule has 2 atom stereocenters. The van der Waals surface area contributed by atoms with Crippen LogP contribution in [0, 0.1) is 5.92 Å². The van der Waals surface area contributed by atoms with Crippen LogP contribution in [0.2, 0.25) is 0 Å². The Morgan fingerprint density at radius 3 is 2.07 bits per heavy atom. The quantitative estimate of drug-likeness (QED) is 0.0812. The molecule has 0 fully saturated rings. The molecule has 1 aromatic heterocycles. The minimum absolute atomic E-state index is 0.0560. The lowest BCUT2D eigenvalue weighted by Crippen LogP contribution is -2.26. The molecular weight excluding hydrogens is 592 g/mol. The molecular formula is C31H27F6N3O4. The third-order valence-electron chi connectivity index (χ3n) is 6.62. The van der Waals surface area contributed by atoms with Crippen LogP contribution in [0.5, 0.6) is 5.75 Å². The van der Waals surface area contributed by atoms with Gasteiger partial charge in [-0.15, -0.1) is 0 Å². The number of H-pyrrole nitrogens is 1. The maximum absolute atomic E-state index is 13.5. The van der Waals surface area contributed by atoms with E-state index in [9.17, 15) is 31.1 Å². The van der Waals surface area contributed by atoms with Crippen molar-refractivity contribution in [3.05, 3.63) is 119 Å². The van der Waals surface area contributed by atoms with E-state index >= 15 is 0 Å². The molecule has 3 aromatic carbocycles. The summed E-state index contributed by atoms with van der Waals surface area (Å²) < 4.78 is 92.0. The van der Waals surface area contributed by atoms with Crippen LogP contribution in [0.4, 0.5) is 26.3 Å². The van der Waals surface area contributed by atoms with Gasteiger partial charge in [0.2, 0.25) is 0 Å². The fraction of sp³-hybridized carbons (Fsp3) is 0.258.